The van der Waals surface area contributed by atoms with Gasteiger partial charge in [-0.05, 0) is 17.7 Å². The molecular formula is C21H23N5O4. The number of benzene rings is 2. The van der Waals surface area contributed by atoms with E-state index < -0.39 is 17.0 Å². The summed E-state index contributed by atoms with van der Waals surface area (Å²) in [5.41, 5.74) is 0.242. The highest BCUT2D eigenvalue weighted by Gasteiger charge is 2.19. The van der Waals surface area contributed by atoms with Crippen LogP contribution in [0.2, 0.25) is 0 Å². The smallest absolute Gasteiger partial charge is 0.290 e. The molecule has 30 heavy (non-hydrogen) atoms. The molecule has 0 bridgehead atoms. The van der Waals surface area contributed by atoms with Gasteiger partial charge in [-0.15, -0.1) is 0 Å². The van der Waals surface area contributed by atoms with Crippen LogP contribution < -0.4 is 27.1 Å². The minimum absolute atomic E-state index is 0.0270. The van der Waals surface area contributed by atoms with Gasteiger partial charge in [0.2, 0.25) is 0 Å². The molecule has 156 valence electrons. The fraction of sp³-hybridized carbons (Fsp3) is 0.190. The Morgan fingerprint density at radius 1 is 0.933 bits per heavy atom. The Hall–Kier alpha value is -4.01. The van der Waals surface area contributed by atoms with Crippen molar-refractivity contribution in [1.82, 2.24) is 14.7 Å². The summed E-state index contributed by atoms with van der Waals surface area (Å²) in [7, 11) is 4.41. The Kier molecular flexibility index (Phi) is 5.91. The lowest BCUT2D eigenvalue weighted by Crippen LogP contribution is -2.38. The van der Waals surface area contributed by atoms with Crippen LogP contribution >= 0.6 is 0 Å². The lowest BCUT2D eigenvalue weighted by Gasteiger charge is -2.17. The summed E-state index contributed by atoms with van der Waals surface area (Å²) in [4.78, 5) is 37.7. The molecule has 0 atom stereocenters. The van der Waals surface area contributed by atoms with E-state index in [1.54, 1.807) is 6.07 Å². The van der Waals surface area contributed by atoms with E-state index in [-0.39, 0.29) is 28.4 Å². The number of para-hydroxylation sites is 1. The molecule has 9 nitrogen and oxygen atoms in total. The third kappa shape index (κ3) is 3.90. The zero-order valence-corrected chi connectivity index (χ0v) is 16.9. The zero-order chi connectivity index (χ0) is 21.8. The summed E-state index contributed by atoms with van der Waals surface area (Å²) in [6.45, 7) is 0.322. The molecule has 4 N–H and O–H groups in total. The van der Waals surface area contributed by atoms with Gasteiger partial charge in [-0.25, -0.2) is 9.36 Å². The van der Waals surface area contributed by atoms with Gasteiger partial charge in [0.1, 0.15) is 11.4 Å². The second-order valence-electron chi connectivity index (χ2n) is 6.65. The van der Waals surface area contributed by atoms with E-state index in [2.05, 4.69) is 16.0 Å². The lowest BCUT2D eigenvalue weighted by molar-refractivity contribution is 0.0960. The molecule has 1 heterocycles. The van der Waals surface area contributed by atoms with E-state index in [1.165, 1.54) is 38.0 Å². The van der Waals surface area contributed by atoms with Crippen LogP contribution in [0.4, 0.5) is 17.1 Å². The third-order valence-electron chi connectivity index (χ3n) is 4.80. The second-order valence-corrected chi connectivity index (χ2v) is 6.65. The van der Waals surface area contributed by atoms with Crippen molar-refractivity contribution in [1.29, 1.82) is 0 Å². The molecule has 3 aromatic rings. The number of phenols is 1. The van der Waals surface area contributed by atoms with Gasteiger partial charge in [-0.3, -0.25) is 14.4 Å². The molecule has 0 radical (unpaired) electrons. The van der Waals surface area contributed by atoms with Crippen molar-refractivity contribution < 1.29 is 9.90 Å². The summed E-state index contributed by atoms with van der Waals surface area (Å²) >= 11 is 0. The number of hydrogen-bond acceptors (Lipinski definition) is 6. The van der Waals surface area contributed by atoms with Gasteiger partial charge in [-0.2, -0.15) is 0 Å². The maximum atomic E-state index is 12.9. The molecule has 0 aliphatic heterocycles. The first kappa shape index (κ1) is 20.7. The summed E-state index contributed by atoms with van der Waals surface area (Å²) < 4.78 is 2.36. The molecule has 0 spiro atoms. The van der Waals surface area contributed by atoms with Crippen molar-refractivity contribution >= 4 is 23.0 Å². The maximum absolute atomic E-state index is 12.9. The Morgan fingerprint density at radius 2 is 1.57 bits per heavy atom. The first-order valence-corrected chi connectivity index (χ1v) is 9.24. The number of phenolic OH excluding ortho intramolecular Hbond substituents is 1. The number of nitrogens with one attached hydrogen (secondary N) is 3. The topological polar surface area (TPSA) is 117 Å². The van der Waals surface area contributed by atoms with Crippen molar-refractivity contribution in [2.45, 2.75) is 6.54 Å². The highest BCUT2D eigenvalue weighted by Crippen LogP contribution is 2.30. The monoisotopic (exact) mass is 409 g/mol. The normalized spacial score (nSPS) is 10.5. The van der Waals surface area contributed by atoms with E-state index in [0.29, 0.717) is 6.54 Å². The standard InChI is InChI=1S/C21H23N5O4/c1-22-19(28)14-10-7-11-15(18(14)27)24-17-16(20(29)25(2)26(3)21(17)30)23-12-13-8-5-4-6-9-13/h4-11,23-24,27H,12H2,1-3H3,(H,22,28). The number of carbonyl (C=O) groups excluding carboxylic acids is 1. The third-order valence-corrected chi connectivity index (χ3v) is 4.80. The van der Waals surface area contributed by atoms with Gasteiger partial charge >= 0.3 is 0 Å². The number of aromatic nitrogens is 2. The molecule has 0 aliphatic carbocycles. The highest BCUT2D eigenvalue weighted by atomic mass is 16.3. The fourth-order valence-corrected chi connectivity index (χ4v) is 2.97. The molecule has 0 aliphatic rings. The number of nitrogens with zero attached hydrogens (tertiary/aromatic N) is 2. The van der Waals surface area contributed by atoms with Crippen molar-refractivity contribution in [2.75, 3.05) is 17.7 Å². The van der Waals surface area contributed by atoms with Gasteiger partial charge in [0, 0.05) is 27.7 Å². The van der Waals surface area contributed by atoms with Crippen molar-refractivity contribution in [3.05, 3.63) is 80.4 Å². The van der Waals surface area contributed by atoms with Crippen LogP contribution in [0.1, 0.15) is 15.9 Å². The van der Waals surface area contributed by atoms with E-state index in [9.17, 15) is 19.5 Å². The number of carbonyl (C=O) groups is 1. The molecule has 9 heteroatoms. The summed E-state index contributed by atoms with van der Waals surface area (Å²) in [6, 6.07) is 14.0. The molecule has 3 rings (SSSR count). The fourth-order valence-electron chi connectivity index (χ4n) is 2.97. The SMILES string of the molecule is CNC(=O)c1cccc(Nc2c(NCc3ccccc3)c(=O)n(C)n(C)c2=O)c1O. The van der Waals surface area contributed by atoms with Crippen molar-refractivity contribution in [3.63, 3.8) is 0 Å². The first-order valence-electron chi connectivity index (χ1n) is 9.24. The van der Waals surface area contributed by atoms with E-state index in [1.807, 2.05) is 30.3 Å². The van der Waals surface area contributed by atoms with E-state index >= 15 is 0 Å². The predicted octanol–water partition coefficient (Wildman–Crippen LogP) is 1.50. The minimum Gasteiger partial charge on any atom is -0.505 e. The summed E-state index contributed by atoms with van der Waals surface area (Å²) in [5.74, 6) is -0.802. The lowest BCUT2D eigenvalue weighted by atomic mass is 10.1. The Bertz CT molecular complexity index is 1200. The van der Waals surface area contributed by atoms with E-state index in [4.69, 9.17) is 0 Å². The van der Waals surface area contributed by atoms with Gasteiger partial charge in [0.15, 0.2) is 5.75 Å². The van der Waals surface area contributed by atoms with Crippen molar-refractivity contribution in [3.8, 4) is 5.75 Å². The highest BCUT2D eigenvalue weighted by molar-refractivity contribution is 5.99. The Labute approximate surface area is 172 Å². The van der Waals surface area contributed by atoms with Crippen molar-refractivity contribution in [2.24, 2.45) is 14.1 Å². The van der Waals surface area contributed by atoms with Crippen LogP contribution in [0, 0.1) is 0 Å². The van der Waals surface area contributed by atoms with Gasteiger partial charge in [0.25, 0.3) is 17.0 Å². The predicted molar refractivity (Wildman–Crippen MR) is 115 cm³/mol. The molecule has 0 saturated carbocycles. The Morgan fingerprint density at radius 3 is 2.20 bits per heavy atom. The molecular weight excluding hydrogens is 386 g/mol. The number of anilines is 3. The number of aromatic hydroxyl groups is 1. The van der Waals surface area contributed by atoms with Crippen LogP contribution in [0.25, 0.3) is 0 Å². The quantitative estimate of drug-likeness (QED) is 0.459. The van der Waals surface area contributed by atoms with Crippen LogP contribution in [-0.2, 0) is 20.6 Å². The number of amides is 1. The summed E-state index contributed by atoms with van der Waals surface area (Å²) in [6.07, 6.45) is 0. The van der Waals surface area contributed by atoms with Crippen LogP contribution in [-0.4, -0.2) is 27.4 Å². The Balaban J connectivity index is 2.07. The number of rotatable bonds is 6. The zero-order valence-electron chi connectivity index (χ0n) is 16.9. The molecule has 1 aromatic heterocycles. The van der Waals surface area contributed by atoms with Crippen LogP contribution in [0.5, 0.6) is 5.75 Å². The molecule has 1 amide bonds. The molecule has 0 fully saturated rings. The summed E-state index contributed by atoms with van der Waals surface area (Å²) in [5, 5.41) is 18.8. The number of hydrogen-bond donors (Lipinski definition) is 4. The average Bonchev–Trinajstić information content (AvgIpc) is 2.77. The van der Waals surface area contributed by atoms with E-state index in [0.717, 1.165) is 10.2 Å². The first-order chi connectivity index (χ1) is 14.3. The maximum Gasteiger partial charge on any atom is 0.290 e. The average molecular weight is 409 g/mol. The van der Waals surface area contributed by atoms with Crippen LogP contribution in [0.3, 0.4) is 0 Å². The molecule has 0 saturated heterocycles. The largest absolute Gasteiger partial charge is 0.505 e. The second kappa shape index (κ2) is 8.56. The molecule has 0 unspecified atom stereocenters. The van der Waals surface area contributed by atoms with Gasteiger partial charge in [-0.1, -0.05) is 36.4 Å². The minimum atomic E-state index is -0.476. The van der Waals surface area contributed by atoms with Crippen LogP contribution in [0.15, 0.2) is 58.1 Å². The van der Waals surface area contributed by atoms with Gasteiger partial charge in [0.05, 0.1) is 11.3 Å². The van der Waals surface area contributed by atoms with Gasteiger partial charge < -0.3 is 21.1 Å². The molecule has 2 aromatic carbocycles.